The zero-order valence-electron chi connectivity index (χ0n) is 7.47. The van der Waals surface area contributed by atoms with Crippen LogP contribution in [0.5, 0.6) is 0 Å². The van der Waals surface area contributed by atoms with Crippen molar-refractivity contribution >= 4 is 0 Å². The van der Waals surface area contributed by atoms with Crippen LogP contribution in [0.2, 0.25) is 0 Å². The number of nitrogens with one attached hydrogen (secondary N) is 1. The molecule has 1 nitrogen and oxygen atoms in total. The van der Waals surface area contributed by atoms with E-state index in [4.69, 9.17) is 0 Å². The van der Waals surface area contributed by atoms with Crippen LogP contribution in [-0.4, -0.2) is 7.05 Å². The SMILES string of the molecule is CCC(NC)c1ccc(F)cc1. The van der Waals surface area contributed by atoms with Crippen LogP contribution in [0.3, 0.4) is 0 Å². The van der Waals surface area contributed by atoms with E-state index in [9.17, 15) is 4.39 Å². The number of hydrogen-bond donors (Lipinski definition) is 1. The van der Waals surface area contributed by atoms with Gasteiger partial charge in [0.2, 0.25) is 0 Å². The molecule has 0 spiro atoms. The van der Waals surface area contributed by atoms with E-state index >= 15 is 0 Å². The van der Waals surface area contributed by atoms with Crippen LogP contribution < -0.4 is 5.32 Å². The Morgan fingerprint density at radius 1 is 1.33 bits per heavy atom. The number of benzene rings is 1. The molecule has 0 aromatic heterocycles. The summed E-state index contributed by atoms with van der Waals surface area (Å²) in [7, 11) is 1.91. The molecule has 12 heavy (non-hydrogen) atoms. The Hall–Kier alpha value is -0.890. The topological polar surface area (TPSA) is 12.0 Å². The highest BCUT2D eigenvalue weighted by Gasteiger charge is 2.04. The molecule has 1 rings (SSSR count). The van der Waals surface area contributed by atoms with Crippen molar-refractivity contribution < 1.29 is 4.39 Å². The van der Waals surface area contributed by atoms with E-state index in [-0.39, 0.29) is 5.82 Å². The Labute approximate surface area is 72.6 Å². The summed E-state index contributed by atoms with van der Waals surface area (Å²) >= 11 is 0. The van der Waals surface area contributed by atoms with Gasteiger partial charge in [0.25, 0.3) is 0 Å². The minimum Gasteiger partial charge on any atom is -0.313 e. The van der Waals surface area contributed by atoms with E-state index in [1.54, 1.807) is 0 Å². The molecule has 0 radical (unpaired) electrons. The molecule has 1 unspecified atom stereocenters. The average molecular weight is 167 g/mol. The van der Waals surface area contributed by atoms with Crippen LogP contribution in [0.4, 0.5) is 4.39 Å². The number of hydrogen-bond acceptors (Lipinski definition) is 1. The summed E-state index contributed by atoms with van der Waals surface area (Å²) in [5.74, 6) is -0.176. The Balaban J connectivity index is 2.80. The van der Waals surface area contributed by atoms with Gasteiger partial charge in [0.15, 0.2) is 0 Å². The van der Waals surface area contributed by atoms with E-state index in [0.717, 1.165) is 12.0 Å². The van der Waals surface area contributed by atoms with Crippen LogP contribution in [0, 0.1) is 5.82 Å². The predicted octanol–water partition coefficient (Wildman–Crippen LogP) is 2.50. The fourth-order valence-electron chi connectivity index (χ4n) is 1.30. The van der Waals surface area contributed by atoms with Gasteiger partial charge in [0, 0.05) is 6.04 Å². The molecule has 0 bridgehead atoms. The summed E-state index contributed by atoms with van der Waals surface area (Å²) in [5.41, 5.74) is 1.14. The summed E-state index contributed by atoms with van der Waals surface area (Å²) in [6.45, 7) is 2.10. The van der Waals surface area contributed by atoms with Crippen molar-refractivity contribution in [1.29, 1.82) is 0 Å². The predicted molar refractivity (Wildman–Crippen MR) is 48.5 cm³/mol. The monoisotopic (exact) mass is 167 g/mol. The van der Waals surface area contributed by atoms with Gasteiger partial charge in [-0.25, -0.2) is 4.39 Å². The molecule has 0 saturated heterocycles. The molecule has 1 aromatic carbocycles. The fourth-order valence-corrected chi connectivity index (χ4v) is 1.30. The molecule has 0 aliphatic carbocycles. The summed E-state index contributed by atoms with van der Waals surface area (Å²) in [5, 5.41) is 3.17. The summed E-state index contributed by atoms with van der Waals surface area (Å²) in [6.07, 6.45) is 1.02. The van der Waals surface area contributed by atoms with E-state index in [1.165, 1.54) is 12.1 Å². The van der Waals surface area contributed by atoms with Gasteiger partial charge in [-0.2, -0.15) is 0 Å². The Kier molecular flexibility index (Phi) is 3.23. The van der Waals surface area contributed by atoms with Gasteiger partial charge in [-0.05, 0) is 31.2 Å². The van der Waals surface area contributed by atoms with Crippen molar-refractivity contribution in [2.24, 2.45) is 0 Å². The van der Waals surface area contributed by atoms with Crippen molar-refractivity contribution in [3.8, 4) is 0 Å². The molecule has 0 saturated carbocycles. The van der Waals surface area contributed by atoms with Gasteiger partial charge >= 0.3 is 0 Å². The quantitative estimate of drug-likeness (QED) is 0.729. The maximum absolute atomic E-state index is 12.5. The highest BCUT2D eigenvalue weighted by atomic mass is 19.1. The molecule has 2 heteroatoms. The molecule has 0 heterocycles. The third-order valence-electron chi connectivity index (χ3n) is 2.03. The Morgan fingerprint density at radius 3 is 2.33 bits per heavy atom. The van der Waals surface area contributed by atoms with E-state index < -0.39 is 0 Å². The Bertz CT molecular complexity index is 226. The zero-order chi connectivity index (χ0) is 8.97. The molecular formula is C10H14FN. The smallest absolute Gasteiger partial charge is 0.123 e. The molecule has 1 atom stereocenters. The van der Waals surface area contributed by atoms with Gasteiger partial charge < -0.3 is 5.32 Å². The first-order chi connectivity index (χ1) is 5.77. The minimum absolute atomic E-state index is 0.176. The van der Waals surface area contributed by atoms with Crippen LogP contribution in [0.1, 0.15) is 24.9 Å². The van der Waals surface area contributed by atoms with Crippen LogP contribution in [-0.2, 0) is 0 Å². The average Bonchev–Trinajstić information content (AvgIpc) is 2.10. The van der Waals surface area contributed by atoms with Crippen molar-refractivity contribution in [2.75, 3.05) is 7.05 Å². The third kappa shape index (κ3) is 2.05. The van der Waals surface area contributed by atoms with E-state index in [0.29, 0.717) is 6.04 Å². The van der Waals surface area contributed by atoms with Gasteiger partial charge in [-0.1, -0.05) is 19.1 Å². The molecule has 0 aliphatic rings. The second-order valence-corrected chi connectivity index (χ2v) is 2.80. The first-order valence-corrected chi connectivity index (χ1v) is 4.20. The minimum atomic E-state index is -0.176. The lowest BCUT2D eigenvalue weighted by molar-refractivity contribution is 0.572. The lowest BCUT2D eigenvalue weighted by atomic mass is 10.1. The Morgan fingerprint density at radius 2 is 1.92 bits per heavy atom. The molecule has 0 fully saturated rings. The van der Waals surface area contributed by atoms with E-state index in [1.807, 2.05) is 19.2 Å². The normalized spacial score (nSPS) is 12.9. The van der Waals surface area contributed by atoms with Gasteiger partial charge in [0.1, 0.15) is 5.82 Å². The lowest BCUT2D eigenvalue weighted by Crippen LogP contribution is -2.14. The van der Waals surface area contributed by atoms with Crippen LogP contribution in [0.25, 0.3) is 0 Å². The van der Waals surface area contributed by atoms with Gasteiger partial charge in [-0.3, -0.25) is 0 Å². The number of halogens is 1. The van der Waals surface area contributed by atoms with E-state index in [2.05, 4.69) is 12.2 Å². The highest BCUT2D eigenvalue weighted by Crippen LogP contribution is 2.15. The molecule has 1 N–H and O–H groups in total. The first-order valence-electron chi connectivity index (χ1n) is 4.20. The van der Waals surface area contributed by atoms with Crippen LogP contribution >= 0.6 is 0 Å². The molecule has 0 amide bonds. The lowest BCUT2D eigenvalue weighted by Gasteiger charge is -2.13. The third-order valence-corrected chi connectivity index (χ3v) is 2.03. The van der Waals surface area contributed by atoms with Gasteiger partial charge in [0.05, 0.1) is 0 Å². The van der Waals surface area contributed by atoms with Crippen LogP contribution in [0.15, 0.2) is 24.3 Å². The fraction of sp³-hybridized carbons (Fsp3) is 0.400. The summed E-state index contributed by atoms with van der Waals surface area (Å²) in [4.78, 5) is 0. The second kappa shape index (κ2) is 4.21. The molecule has 1 aromatic rings. The number of rotatable bonds is 3. The van der Waals surface area contributed by atoms with Crippen molar-refractivity contribution in [3.63, 3.8) is 0 Å². The second-order valence-electron chi connectivity index (χ2n) is 2.80. The summed E-state index contributed by atoms with van der Waals surface area (Å²) in [6, 6.07) is 6.97. The zero-order valence-corrected chi connectivity index (χ0v) is 7.47. The standard InChI is InChI=1S/C10H14FN/c1-3-10(12-2)8-4-6-9(11)7-5-8/h4-7,10,12H,3H2,1-2H3. The largest absolute Gasteiger partial charge is 0.313 e. The summed E-state index contributed by atoms with van der Waals surface area (Å²) < 4.78 is 12.5. The van der Waals surface area contributed by atoms with Crippen molar-refractivity contribution in [1.82, 2.24) is 5.32 Å². The van der Waals surface area contributed by atoms with Crippen molar-refractivity contribution in [2.45, 2.75) is 19.4 Å². The molecule has 0 aliphatic heterocycles. The first kappa shape index (κ1) is 9.20. The molecule has 66 valence electrons. The maximum Gasteiger partial charge on any atom is 0.123 e. The van der Waals surface area contributed by atoms with Gasteiger partial charge in [-0.15, -0.1) is 0 Å². The maximum atomic E-state index is 12.5. The van der Waals surface area contributed by atoms with Crippen molar-refractivity contribution in [3.05, 3.63) is 35.6 Å². The molecular weight excluding hydrogens is 153 g/mol. The highest BCUT2D eigenvalue weighted by molar-refractivity contribution is 5.19.